The van der Waals surface area contributed by atoms with E-state index in [0.717, 1.165) is 5.56 Å². The molecule has 0 saturated heterocycles. The maximum absolute atomic E-state index is 13.2. The average molecular weight is 310 g/mol. The quantitative estimate of drug-likeness (QED) is 0.793. The fraction of sp³-hybridized carbons (Fsp3) is 0.111. The molecule has 0 spiro atoms. The van der Waals surface area contributed by atoms with Crippen molar-refractivity contribution < 1.29 is 13.7 Å². The Morgan fingerprint density at radius 2 is 1.91 bits per heavy atom. The van der Waals surface area contributed by atoms with E-state index >= 15 is 0 Å². The van der Waals surface area contributed by atoms with Crippen LogP contribution < -0.4 is 5.32 Å². The van der Waals surface area contributed by atoms with E-state index in [0.29, 0.717) is 11.3 Å². The zero-order valence-corrected chi connectivity index (χ0v) is 12.5. The van der Waals surface area contributed by atoms with Gasteiger partial charge in [-0.25, -0.2) is 4.39 Å². The summed E-state index contributed by atoms with van der Waals surface area (Å²) in [7, 11) is 0. The van der Waals surface area contributed by atoms with Gasteiger partial charge in [0.05, 0.1) is 6.04 Å². The summed E-state index contributed by atoms with van der Waals surface area (Å²) in [5, 5.41) is 6.67. The number of hydrogen-bond acceptors (Lipinski definition) is 3. The summed E-state index contributed by atoms with van der Waals surface area (Å²) < 4.78 is 18.3. The molecule has 0 saturated carbocycles. The first-order valence-corrected chi connectivity index (χ1v) is 7.22. The van der Waals surface area contributed by atoms with Crippen LogP contribution in [-0.2, 0) is 0 Å². The van der Waals surface area contributed by atoms with Gasteiger partial charge in [0.1, 0.15) is 11.5 Å². The Morgan fingerprint density at radius 3 is 2.65 bits per heavy atom. The normalized spacial score (nSPS) is 11.9. The van der Waals surface area contributed by atoms with Crippen LogP contribution in [0.25, 0.3) is 11.3 Å². The molecular weight excluding hydrogens is 295 g/mol. The second-order valence-corrected chi connectivity index (χ2v) is 5.19. The molecule has 0 bridgehead atoms. The molecule has 2 aromatic carbocycles. The fourth-order valence-corrected chi connectivity index (χ4v) is 2.26. The predicted octanol–water partition coefficient (Wildman–Crippen LogP) is 3.97. The number of amides is 1. The molecule has 0 fully saturated rings. The van der Waals surface area contributed by atoms with Gasteiger partial charge >= 0.3 is 0 Å². The van der Waals surface area contributed by atoms with Crippen molar-refractivity contribution in [1.82, 2.24) is 10.5 Å². The molecule has 116 valence electrons. The molecule has 0 aliphatic rings. The van der Waals surface area contributed by atoms with Crippen LogP contribution in [0, 0.1) is 5.82 Å². The summed E-state index contributed by atoms with van der Waals surface area (Å²) in [4.78, 5) is 12.2. The molecule has 0 aliphatic carbocycles. The van der Waals surface area contributed by atoms with Crippen LogP contribution in [0.4, 0.5) is 4.39 Å². The third-order valence-corrected chi connectivity index (χ3v) is 3.50. The Kier molecular flexibility index (Phi) is 4.19. The van der Waals surface area contributed by atoms with E-state index in [1.807, 2.05) is 37.3 Å². The predicted molar refractivity (Wildman–Crippen MR) is 84.2 cm³/mol. The van der Waals surface area contributed by atoms with E-state index in [1.54, 1.807) is 12.1 Å². The molecule has 3 aromatic rings. The first kappa shape index (κ1) is 15.0. The van der Waals surface area contributed by atoms with Gasteiger partial charge < -0.3 is 9.84 Å². The van der Waals surface area contributed by atoms with Crippen LogP contribution in [0.15, 0.2) is 65.2 Å². The van der Waals surface area contributed by atoms with Crippen molar-refractivity contribution in [2.24, 2.45) is 0 Å². The lowest BCUT2D eigenvalue weighted by Crippen LogP contribution is -2.26. The molecule has 1 atom stereocenters. The van der Waals surface area contributed by atoms with E-state index in [4.69, 9.17) is 4.52 Å². The van der Waals surface area contributed by atoms with E-state index < -0.39 is 0 Å². The highest BCUT2D eigenvalue weighted by atomic mass is 19.1. The van der Waals surface area contributed by atoms with Crippen molar-refractivity contribution in [3.05, 3.63) is 77.8 Å². The molecule has 1 aromatic heterocycles. The van der Waals surface area contributed by atoms with Gasteiger partial charge in [0.15, 0.2) is 0 Å². The Labute approximate surface area is 132 Å². The highest BCUT2D eigenvalue weighted by Crippen LogP contribution is 2.20. The summed E-state index contributed by atoms with van der Waals surface area (Å²) in [6.45, 7) is 1.89. The lowest BCUT2D eigenvalue weighted by atomic mass is 10.1. The molecule has 1 N–H and O–H groups in total. The summed E-state index contributed by atoms with van der Waals surface area (Å²) in [5.74, 6) is -0.641. The molecular formula is C18H15FN2O2. The van der Waals surface area contributed by atoms with Crippen LogP contribution in [0.1, 0.15) is 29.1 Å². The van der Waals surface area contributed by atoms with E-state index in [9.17, 15) is 9.18 Å². The first-order chi connectivity index (χ1) is 11.1. The number of carbonyl (C=O) groups excluding carboxylic acids is 1. The second-order valence-electron chi connectivity index (χ2n) is 5.19. The molecule has 4 nitrogen and oxygen atoms in total. The Bertz CT molecular complexity index is 815. The first-order valence-electron chi connectivity index (χ1n) is 7.22. The maximum atomic E-state index is 13.2. The minimum Gasteiger partial charge on any atom is -0.350 e. The number of nitrogens with zero attached hydrogens (tertiary/aromatic N) is 1. The number of benzene rings is 2. The minimum absolute atomic E-state index is 0.0899. The number of carbonyl (C=O) groups is 1. The largest absolute Gasteiger partial charge is 0.350 e. The van der Waals surface area contributed by atoms with Gasteiger partial charge in [-0.1, -0.05) is 47.6 Å². The van der Waals surface area contributed by atoms with Crippen molar-refractivity contribution in [1.29, 1.82) is 0 Å². The number of aromatic nitrogens is 1. The van der Waals surface area contributed by atoms with Gasteiger partial charge in [-0.15, -0.1) is 0 Å². The van der Waals surface area contributed by atoms with E-state index in [1.165, 1.54) is 18.2 Å². The number of halogens is 1. The number of hydrogen-bond donors (Lipinski definition) is 1. The van der Waals surface area contributed by atoms with Gasteiger partial charge in [-0.2, -0.15) is 0 Å². The second kappa shape index (κ2) is 6.44. The summed E-state index contributed by atoms with van der Waals surface area (Å²) in [6.07, 6.45) is 0. The van der Waals surface area contributed by atoms with Crippen LogP contribution in [0.2, 0.25) is 0 Å². The Balaban J connectivity index is 1.74. The SMILES string of the molecule is CC(NC(=O)c1cc(-c2cccc(F)c2)no1)c1ccccc1. The van der Waals surface area contributed by atoms with Crippen molar-refractivity contribution >= 4 is 5.91 Å². The fourth-order valence-electron chi connectivity index (χ4n) is 2.26. The van der Waals surface area contributed by atoms with E-state index in [-0.39, 0.29) is 23.5 Å². The zero-order valence-electron chi connectivity index (χ0n) is 12.5. The standard InChI is InChI=1S/C18H15FN2O2/c1-12(13-6-3-2-4-7-13)20-18(22)17-11-16(21-23-17)14-8-5-9-15(19)10-14/h2-12H,1H3,(H,20,22). The Hall–Kier alpha value is -2.95. The van der Waals surface area contributed by atoms with Crippen LogP contribution in [-0.4, -0.2) is 11.1 Å². The van der Waals surface area contributed by atoms with E-state index in [2.05, 4.69) is 10.5 Å². The molecule has 0 radical (unpaired) electrons. The summed E-state index contributed by atoms with van der Waals surface area (Å²) in [5.41, 5.74) is 1.97. The zero-order chi connectivity index (χ0) is 16.2. The average Bonchev–Trinajstić information content (AvgIpc) is 3.06. The molecule has 23 heavy (non-hydrogen) atoms. The summed E-state index contributed by atoms with van der Waals surface area (Å²) >= 11 is 0. The maximum Gasteiger partial charge on any atom is 0.290 e. The van der Waals surface area contributed by atoms with Crippen LogP contribution in [0.5, 0.6) is 0 Å². The highest BCUT2D eigenvalue weighted by molar-refractivity contribution is 5.92. The highest BCUT2D eigenvalue weighted by Gasteiger charge is 2.17. The topological polar surface area (TPSA) is 55.1 Å². The molecule has 1 amide bonds. The number of rotatable bonds is 4. The van der Waals surface area contributed by atoms with Crippen molar-refractivity contribution in [2.45, 2.75) is 13.0 Å². The third kappa shape index (κ3) is 3.45. The van der Waals surface area contributed by atoms with Gasteiger partial charge in [-0.05, 0) is 24.6 Å². The van der Waals surface area contributed by atoms with Crippen molar-refractivity contribution in [3.8, 4) is 11.3 Å². The molecule has 5 heteroatoms. The van der Waals surface area contributed by atoms with Gasteiger partial charge in [0.2, 0.25) is 5.76 Å². The van der Waals surface area contributed by atoms with Crippen LogP contribution in [0.3, 0.4) is 0 Å². The molecule has 1 heterocycles. The van der Waals surface area contributed by atoms with Crippen molar-refractivity contribution in [3.63, 3.8) is 0 Å². The van der Waals surface area contributed by atoms with Crippen LogP contribution >= 0.6 is 0 Å². The lowest BCUT2D eigenvalue weighted by Gasteiger charge is -2.12. The number of nitrogens with one attached hydrogen (secondary N) is 1. The lowest BCUT2D eigenvalue weighted by molar-refractivity contribution is 0.0902. The monoisotopic (exact) mass is 310 g/mol. The smallest absolute Gasteiger partial charge is 0.290 e. The molecule has 3 rings (SSSR count). The summed E-state index contributed by atoms with van der Waals surface area (Å²) in [6, 6.07) is 16.9. The van der Waals surface area contributed by atoms with Gasteiger partial charge in [0, 0.05) is 11.6 Å². The molecule has 0 aliphatic heterocycles. The Morgan fingerprint density at radius 1 is 1.13 bits per heavy atom. The minimum atomic E-state index is -0.366. The van der Waals surface area contributed by atoms with Gasteiger partial charge in [0.25, 0.3) is 5.91 Å². The molecule has 1 unspecified atom stereocenters. The van der Waals surface area contributed by atoms with Crippen molar-refractivity contribution in [2.75, 3.05) is 0 Å². The third-order valence-electron chi connectivity index (χ3n) is 3.50. The van der Waals surface area contributed by atoms with Gasteiger partial charge in [-0.3, -0.25) is 4.79 Å².